The molecule has 0 aliphatic carbocycles. The summed E-state index contributed by atoms with van der Waals surface area (Å²) in [6.07, 6.45) is 0.300. The van der Waals surface area contributed by atoms with E-state index in [2.05, 4.69) is 22.6 Å². The van der Waals surface area contributed by atoms with Gasteiger partial charge in [-0.1, -0.05) is 53.5 Å². The van der Waals surface area contributed by atoms with E-state index in [1.54, 1.807) is 0 Å². The van der Waals surface area contributed by atoms with Crippen molar-refractivity contribution in [2.75, 3.05) is 0 Å². The molecule has 1 aliphatic heterocycles. The molecule has 3 aromatic rings. The molecule has 0 N–H and O–H groups in total. The van der Waals surface area contributed by atoms with Crippen LogP contribution in [0, 0.1) is 3.57 Å². The second-order valence-corrected chi connectivity index (χ2v) is 8.04. The summed E-state index contributed by atoms with van der Waals surface area (Å²) >= 11 is 14.7. The number of fused-ring (bicyclic) bond motifs is 1. The van der Waals surface area contributed by atoms with Gasteiger partial charge in [0.15, 0.2) is 0 Å². The van der Waals surface area contributed by atoms with Gasteiger partial charge in [0.2, 0.25) is 6.23 Å². The minimum Gasteiger partial charge on any atom is -0.464 e. The number of nitrogens with zero attached hydrogens (tertiary/aromatic N) is 1. The molecule has 1 heterocycles. The van der Waals surface area contributed by atoms with Crippen molar-refractivity contribution in [3.8, 4) is 5.75 Å². The van der Waals surface area contributed by atoms with Crippen LogP contribution in [-0.4, -0.2) is 5.71 Å². The Morgan fingerprint density at radius 3 is 2.46 bits per heavy atom. The second kappa shape index (κ2) is 7.59. The molecule has 26 heavy (non-hydrogen) atoms. The van der Waals surface area contributed by atoms with Crippen LogP contribution >= 0.6 is 45.8 Å². The highest BCUT2D eigenvalue weighted by atomic mass is 127. The van der Waals surface area contributed by atoms with E-state index in [4.69, 9.17) is 32.9 Å². The monoisotopic (exact) mass is 493 g/mol. The molecule has 0 saturated carbocycles. The third kappa shape index (κ3) is 3.75. The molecule has 0 saturated heterocycles. The summed E-state index contributed by atoms with van der Waals surface area (Å²) in [5.41, 5.74) is 4.09. The summed E-state index contributed by atoms with van der Waals surface area (Å²) in [4.78, 5) is 4.89. The van der Waals surface area contributed by atoms with Gasteiger partial charge < -0.3 is 4.74 Å². The van der Waals surface area contributed by atoms with Crippen LogP contribution in [0.2, 0.25) is 10.0 Å². The lowest BCUT2D eigenvalue weighted by Crippen LogP contribution is -2.19. The molecule has 0 radical (unpaired) electrons. The van der Waals surface area contributed by atoms with Crippen molar-refractivity contribution in [2.24, 2.45) is 4.99 Å². The van der Waals surface area contributed by atoms with E-state index < -0.39 is 0 Å². The molecule has 130 valence electrons. The standard InChI is InChI=1S/C21H14Cl2INO/c22-15-7-9-18(24)14(10-15)11-19-17-8-6-16(23)12-20(17)26-21(25-19)13-4-2-1-3-5-13/h1-10,12,21H,11H2. The molecule has 3 aromatic carbocycles. The van der Waals surface area contributed by atoms with Crippen molar-refractivity contribution in [3.05, 3.63) is 97.0 Å². The average molecular weight is 494 g/mol. The van der Waals surface area contributed by atoms with E-state index in [1.807, 2.05) is 66.7 Å². The van der Waals surface area contributed by atoms with E-state index in [0.717, 1.165) is 36.7 Å². The van der Waals surface area contributed by atoms with Crippen LogP contribution in [0.4, 0.5) is 0 Å². The lowest BCUT2D eigenvalue weighted by molar-refractivity contribution is 0.210. The van der Waals surface area contributed by atoms with Gasteiger partial charge in [-0.3, -0.25) is 0 Å². The van der Waals surface area contributed by atoms with Crippen molar-refractivity contribution in [1.82, 2.24) is 0 Å². The smallest absolute Gasteiger partial charge is 0.216 e. The predicted octanol–water partition coefficient (Wildman–Crippen LogP) is 6.72. The topological polar surface area (TPSA) is 21.6 Å². The quantitative estimate of drug-likeness (QED) is 0.371. The van der Waals surface area contributed by atoms with Crippen LogP contribution in [0.3, 0.4) is 0 Å². The van der Waals surface area contributed by atoms with Crippen molar-refractivity contribution in [2.45, 2.75) is 12.6 Å². The molecule has 2 nitrogen and oxygen atoms in total. The van der Waals surface area contributed by atoms with Gasteiger partial charge in [0.05, 0.1) is 5.71 Å². The minimum absolute atomic E-state index is 0.381. The SMILES string of the molecule is Clc1ccc(I)c(CC2=NC(c3ccccc3)Oc3cc(Cl)ccc32)c1. The Kier molecular flexibility index (Phi) is 5.20. The zero-order valence-electron chi connectivity index (χ0n) is 13.6. The van der Waals surface area contributed by atoms with Crippen LogP contribution in [0.25, 0.3) is 0 Å². The van der Waals surface area contributed by atoms with Gasteiger partial charge in [-0.25, -0.2) is 4.99 Å². The number of ether oxygens (including phenoxy) is 1. The van der Waals surface area contributed by atoms with E-state index in [-0.39, 0.29) is 6.23 Å². The number of aliphatic imine (C=N–C) groups is 1. The van der Waals surface area contributed by atoms with Crippen LogP contribution in [-0.2, 0) is 6.42 Å². The third-order valence-electron chi connectivity index (χ3n) is 4.22. The first-order valence-electron chi connectivity index (χ1n) is 8.12. The number of benzene rings is 3. The van der Waals surface area contributed by atoms with Crippen LogP contribution < -0.4 is 4.74 Å². The summed E-state index contributed by atoms with van der Waals surface area (Å²) in [7, 11) is 0. The Morgan fingerprint density at radius 1 is 0.923 bits per heavy atom. The number of hydrogen-bond donors (Lipinski definition) is 0. The molecule has 1 atom stereocenters. The lowest BCUT2D eigenvalue weighted by Gasteiger charge is -2.25. The molecule has 0 aromatic heterocycles. The molecule has 4 rings (SSSR count). The molecule has 0 fully saturated rings. The second-order valence-electron chi connectivity index (χ2n) is 6.01. The molecule has 0 spiro atoms. The summed E-state index contributed by atoms with van der Waals surface area (Å²) < 4.78 is 7.28. The molecule has 5 heteroatoms. The highest BCUT2D eigenvalue weighted by molar-refractivity contribution is 14.1. The van der Waals surface area contributed by atoms with Crippen molar-refractivity contribution in [1.29, 1.82) is 0 Å². The molecular weight excluding hydrogens is 480 g/mol. The minimum atomic E-state index is -0.381. The summed E-state index contributed by atoms with van der Waals surface area (Å²) in [6, 6.07) is 21.6. The van der Waals surface area contributed by atoms with Crippen LogP contribution in [0.5, 0.6) is 5.75 Å². The molecular formula is C21H14Cl2INO. The van der Waals surface area contributed by atoms with E-state index in [0.29, 0.717) is 11.4 Å². The highest BCUT2D eigenvalue weighted by Crippen LogP contribution is 2.35. The normalized spacial score (nSPS) is 15.8. The van der Waals surface area contributed by atoms with Gasteiger partial charge in [-0.2, -0.15) is 0 Å². The van der Waals surface area contributed by atoms with Gasteiger partial charge in [-0.15, -0.1) is 0 Å². The largest absolute Gasteiger partial charge is 0.464 e. The van der Waals surface area contributed by atoms with Crippen LogP contribution in [0.15, 0.2) is 71.7 Å². The number of hydrogen-bond acceptors (Lipinski definition) is 2. The van der Waals surface area contributed by atoms with Crippen molar-refractivity contribution >= 4 is 51.5 Å². The van der Waals surface area contributed by atoms with Gasteiger partial charge in [0.25, 0.3) is 0 Å². The highest BCUT2D eigenvalue weighted by Gasteiger charge is 2.24. The zero-order chi connectivity index (χ0) is 18.1. The third-order valence-corrected chi connectivity index (χ3v) is 5.74. The Morgan fingerprint density at radius 2 is 1.65 bits per heavy atom. The van der Waals surface area contributed by atoms with Gasteiger partial charge in [-0.05, 0) is 64.6 Å². The summed E-state index contributed by atoms with van der Waals surface area (Å²) in [5.74, 6) is 0.758. The maximum Gasteiger partial charge on any atom is 0.216 e. The fourth-order valence-electron chi connectivity index (χ4n) is 2.95. The molecule has 0 bridgehead atoms. The Labute approximate surface area is 176 Å². The maximum absolute atomic E-state index is 6.19. The fourth-order valence-corrected chi connectivity index (χ4v) is 3.83. The van der Waals surface area contributed by atoms with Gasteiger partial charge in [0.1, 0.15) is 5.75 Å². The number of halogens is 3. The van der Waals surface area contributed by atoms with Crippen molar-refractivity contribution < 1.29 is 4.74 Å². The van der Waals surface area contributed by atoms with E-state index in [1.165, 1.54) is 0 Å². The summed E-state index contributed by atoms with van der Waals surface area (Å²) in [6.45, 7) is 0. The average Bonchev–Trinajstić information content (AvgIpc) is 2.65. The van der Waals surface area contributed by atoms with Gasteiger partial charge >= 0.3 is 0 Å². The fraction of sp³-hybridized carbons (Fsp3) is 0.0952. The molecule has 0 amide bonds. The van der Waals surface area contributed by atoms with E-state index >= 15 is 0 Å². The predicted molar refractivity (Wildman–Crippen MR) is 116 cm³/mol. The first-order valence-corrected chi connectivity index (χ1v) is 9.96. The maximum atomic E-state index is 6.19. The number of rotatable bonds is 3. The Bertz CT molecular complexity index is 989. The van der Waals surface area contributed by atoms with Gasteiger partial charge in [0, 0.05) is 31.2 Å². The molecule has 1 aliphatic rings. The zero-order valence-corrected chi connectivity index (χ0v) is 17.3. The first-order chi connectivity index (χ1) is 12.6. The lowest BCUT2D eigenvalue weighted by atomic mass is 9.99. The van der Waals surface area contributed by atoms with Crippen LogP contribution in [0.1, 0.15) is 22.9 Å². The first kappa shape index (κ1) is 17.8. The Hall–Kier alpha value is -1.56. The van der Waals surface area contributed by atoms with E-state index in [9.17, 15) is 0 Å². The molecule has 1 unspecified atom stereocenters. The van der Waals surface area contributed by atoms with Crippen molar-refractivity contribution in [3.63, 3.8) is 0 Å². The Balaban J connectivity index is 1.78. The summed E-state index contributed by atoms with van der Waals surface area (Å²) in [5, 5.41) is 1.37.